The van der Waals surface area contributed by atoms with Crippen LogP contribution in [0, 0.1) is 0 Å². The van der Waals surface area contributed by atoms with Crippen LogP contribution in [-0.4, -0.2) is 38.3 Å². The number of hydrogen-bond acceptors (Lipinski definition) is 5. The summed E-state index contributed by atoms with van der Waals surface area (Å²) in [5.74, 6) is 2.18. The SMILES string of the molecule is COc1ccccc1NC(=O)CCN(C)Cc1ccc2c(c1)OCO2. The van der Waals surface area contributed by atoms with Gasteiger partial charge in [0, 0.05) is 19.5 Å². The molecule has 1 amide bonds. The van der Waals surface area contributed by atoms with Crippen LogP contribution in [0.5, 0.6) is 17.2 Å². The van der Waals surface area contributed by atoms with E-state index in [1.165, 1.54) is 0 Å². The number of carbonyl (C=O) groups is 1. The van der Waals surface area contributed by atoms with Crippen LogP contribution in [0.2, 0.25) is 0 Å². The highest BCUT2D eigenvalue weighted by atomic mass is 16.7. The number of methoxy groups -OCH3 is 1. The van der Waals surface area contributed by atoms with Crippen LogP contribution < -0.4 is 19.5 Å². The first kappa shape index (κ1) is 17.1. The molecule has 2 aromatic carbocycles. The summed E-state index contributed by atoms with van der Waals surface area (Å²) < 4.78 is 15.9. The fourth-order valence-corrected chi connectivity index (χ4v) is 2.68. The van der Waals surface area contributed by atoms with Crippen molar-refractivity contribution in [3.8, 4) is 17.2 Å². The number of benzene rings is 2. The summed E-state index contributed by atoms with van der Waals surface area (Å²) in [6.07, 6.45) is 0.402. The highest BCUT2D eigenvalue weighted by Gasteiger charge is 2.14. The Morgan fingerprint density at radius 1 is 1.20 bits per heavy atom. The van der Waals surface area contributed by atoms with Gasteiger partial charge in [0.05, 0.1) is 12.8 Å². The molecule has 0 radical (unpaired) electrons. The van der Waals surface area contributed by atoms with E-state index in [1.807, 2.05) is 49.5 Å². The van der Waals surface area contributed by atoms with Gasteiger partial charge in [-0.1, -0.05) is 18.2 Å². The summed E-state index contributed by atoms with van der Waals surface area (Å²) in [6, 6.07) is 13.3. The van der Waals surface area contributed by atoms with Crippen molar-refractivity contribution in [1.29, 1.82) is 0 Å². The van der Waals surface area contributed by atoms with E-state index in [0.717, 1.165) is 23.6 Å². The summed E-state index contributed by atoms with van der Waals surface area (Å²) >= 11 is 0. The summed E-state index contributed by atoms with van der Waals surface area (Å²) in [5, 5.41) is 2.89. The van der Waals surface area contributed by atoms with E-state index in [0.29, 0.717) is 24.4 Å². The Balaban J connectivity index is 1.48. The maximum absolute atomic E-state index is 12.2. The molecule has 2 aromatic rings. The molecule has 0 unspecified atom stereocenters. The number of nitrogens with one attached hydrogen (secondary N) is 1. The molecule has 0 saturated heterocycles. The van der Waals surface area contributed by atoms with Gasteiger partial charge in [-0.25, -0.2) is 0 Å². The third-order valence-corrected chi connectivity index (χ3v) is 3.99. The molecule has 132 valence electrons. The largest absolute Gasteiger partial charge is 0.495 e. The van der Waals surface area contributed by atoms with E-state index in [1.54, 1.807) is 7.11 Å². The first-order chi connectivity index (χ1) is 12.2. The lowest BCUT2D eigenvalue weighted by atomic mass is 10.2. The number of nitrogens with zero attached hydrogens (tertiary/aromatic N) is 1. The van der Waals surface area contributed by atoms with Gasteiger partial charge in [0.15, 0.2) is 11.5 Å². The van der Waals surface area contributed by atoms with Crippen LogP contribution in [0.15, 0.2) is 42.5 Å². The molecule has 0 saturated carbocycles. The van der Waals surface area contributed by atoms with E-state index < -0.39 is 0 Å². The second-order valence-corrected chi connectivity index (χ2v) is 5.92. The molecule has 1 N–H and O–H groups in total. The topological polar surface area (TPSA) is 60.0 Å². The Morgan fingerprint density at radius 3 is 2.84 bits per heavy atom. The van der Waals surface area contributed by atoms with Crippen LogP contribution in [0.3, 0.4) is 0 Å². The number of anilines is 1. The number of carbonyl (C=O) groups excluding carboxylic acids is 1. The molecule has 1 aliphatic heterocycles. The molecule has 0 aromatic heterocycles. The maximum Gasteiger partial charge on any atom is 0.231 e. The van der Waals surface area contributed by atoms with Gasteiger partial charge in [0.2, 0.25) is 12.7 Å². The smallest absolute Gasteiger partial charge is 0.231 e. The van der Waals surface area contributed by atoms with Crippen molar-refractivity contribution < 1.29 is 19.0 Å². The van der Waals surface area contributed by atoms with E-state index in [2.05, 4.69) is 10.2 Å². The molecule has 0 bridgehead atoms. The summed E-state index contributed by atoms with van der Waals surface area (Å²) in [7, 11) is 3.57. The van der Waals surface area contributed by atoms with E-state index in [-0.39, 0.29) is 12.7 Å². The molecule has 6 nitrogen and oxygen atoms in total. The lowest BCUT2D eigenvalue weighted by molar-refractivity contribution is -0.116. The summed E-state index contributed by atoms with van der Waals surface area (Å²) in [5.41, 5.74) is 1.81. The number of rotatable bonds is 7. The first-order valence-corrected chi connectivity index (χ1v) is 8.15. The number of ether oxygens (including phenoxy) is 3. The summed E-state index contributed by atoms with van der Waals surface area (Å²) in [6.45, 7) is 1.66. The van der Waals surface area contributed by atoms with Crippen LogP contribution in [0.4, 0.5) is 5.69 Å². The number of para-hydroxylation sites is 2. The van der Waals surface area contributed by atoms with Crippen molar-refractivity contribution in [1.82, 2.24) is 4.90 Å². The first-order valence-electron chi connectivity index (χ1n) is 8.15. The van der Waals surface area contributed by atoms with Crippen molar-refractivity contribution in [3.05, 3.63) is 48.0 Å². The van der Waals surface area contributed by atoms with Crippen LogP contribution in [0.1, 0.15) is 12.0 Å². The maximum atomic E-state index is 12.2. The molecule has 1 heterocycles. The normalized spacial score (nSPS) is 12.3. The molecule has 25 heavy (non-hydrogen) atoms. The molecular formula is C19H22N2O4. The van der Waals surface area contributed by atoms with Gasteiger partial charge >= 0.3 is 0 Å². The minimum Gasteiger partial charge on any atom is -0.495 e. The quantitative estimate of drug-likeness (QED) is 0.838. The predicted octanol–water partition coefficient (Wildman–Crippen LogP) is 2.88. The highest BCUT2D eigenvalue weighted by molar-refractivity contribution is 5.92. The van der Waals surface area contributed by atoms with Crippen LogP contribution in [0.25, 0.3) is 0 Å². The van der Waals surface area contributed by atoms with Gasteiger partial charge in [0.1, 0.15) is 5.75 Å². The minimum atomic E-state index is -0.0398. The van der Waals surface area contributed by atoms with E-state index in [4.69, 9.17) is 14.2 Å². The number of amides is 1. The predicted molar refractivity (Wildman–Crippen MR) is 95.1 cm³/mol. The molecule has 6 heteroatoms. The monoisotopic (exact) mass is 342 g/mol. The molecular weight excluding hydrogens is 320 g/mol. The van der Waals surface area contributed by atoms with Gasteiger partial charge in [-0.2, -0.15) is 0 Å². The van der Waals surface area contributed by atoms with Crippen LogP contribution in [-0.2, 0) is 11.3 Å². The molecule has 3 rings (SSSR count). The zero-order chi connectivity index (χ0) is 17.6. The highest BCUT2D eigenvalue weighted by Crippen LogP contribution is 2.32. The van der Waals surface area contributed by atoms with Gasteiger partial charge < -0.3 is 24.4 Å². The van der Waals surface area contributed by atoms with Crippen molar-refractivity contribution >= 4 is 11.6 Å². The Labute approximate surface area is 147 Å². The third-order valence-electron chi connectivity index (χ3n) is 3.99. The molecule has 0 spiro atoms. The number of hydrogen-bond donors (Lipinski definition) is 1. The van der Waals surface area contributed by atoms with Gasteiger partial charge in [-0.05, 0) is 36.9 Å². The van der Waals surface area contributed by atoms with Crippen LogP contribution >= 0.6 is 0 Å². The Hall–Kier alpha value is -2.73. The fourth-order valence-electron chi connectivity index (χ4n) is 2.68. The Kier molecular flexibility index (Phi) is 5.40. The fraction of sp³-hybridized carbons (Fsp3) is 0.316. The average molecular weight is 342 g/mol. The minimum absolute atomic E-state index is 0.0398. The van der Waals surface area contributed by atoms with Crippen molar-refractivity contribution in [2.45, 2.75) is 13.0 Å². The van der Waals surface area contributed by atoms with Crippen molar-refractivity contribution in [3.63, 3.8) is 0 Å². The van der Waals surface area contributed by atoms with Crippen molar-refractivity contribution in [2.75, 3.05) is 32.8 Å². The van der Waals surface area contributed by atoms with E-state index in [9.17, 15) is 4.79 Å². The molecule has 0 atom stereocenters. The molecule has 0 fully saturated rings. The van der Waals surface area contributed by atoms with Gasteiger partial charge in [-0.3, -0.25) is 4.79 Å². The summed E-state index contributed by atoms with van der Waals surface area (Å²) in [4.78, 5) is 14.3. The molecule has 0 aliphatic carbocycles. The van der Waals surface area contributed by atoms with Gasteiger partial charge in [-0.15, -0.1) is 0 Å². The standard InChI is InChI=1S/C19H22N2O4/c1-21(12-14-7-8-17-18(11-14)25-13-24-17)10-9-19(22)20-15-5-3-4-6-16(15)23-2/h3-8,11H,9-10,12-13H2,1-2H3,(H,20,22). The zero-order valence-electron chi connectivity index (χ0n) is 14.5. The second-order valence-electron chi connectivity index (χ2n) is 5.92. The lowest BCUT2D eigenvalue weighted by Crippen LogP contribution is -2.24. The zero-order valence-corrected chi connectivity index (χ0v) is 14.5. The van der Waals surface area contributed by atoms with E-state index >= 15 is 0 Å². The average Bonchev–Trinajstić information content (AvgIpc) is 3.08. The number of fused-ring (bicyclic) bond motifs is 1. The third kappa shape index (κ3) is 4.42. The molecule has 1 aliphatic rings. The Bertz CT molecular complexity index is 748. The van der Waals surface area contributed by atoms with Gasteiger partial charge in [0.25, 0.3) is 0 Å². The second kappa shape index (κ2) is 7.90. The van der Waals surface area contributed by atoms with Crippen molar-refractivity contribution in [2.24, 2.45) is 0 Å². The Morgan fingerprint density at radius 2 is 2.00 bits per heavy atom. The lowest BCUT2D eigenvalue weighted by Gasteiger charge is -2.17.